The predicted octanol–water partition coefficient (Wildman–Crippen LogP) is 0.983. The van der Waals surface area contributed by atoms with E-state index < -0.39 is 32.1 Å². The van der Waals surface area contributed by atoms with Gasteiger partial charge in [-0.2, -0.15) is 9.57 Å². The lowest BCUT2D eigenvalue weighted by Crippen LogP contribution is -2.53. The van der Waals surface area contributed by atoms with Gasteiger partial charge in [0.05, 0.1) is 21.4 Å². The van der Waals surface area contributed by atoms with Crippen molar-refractivity contribution in [1.29, 1.82) is 5.26 Å². The summed E-state index contributed by atoms with van der Waals surface area (Å²) in [7, 11) is -7.72. The van der Waals surface area contributed by atoms with Gasteiger partial charge in [-0.15, -0.1) is 0 Å². The summed E-state index contributed by atoms with van der Waals surface area (Å²) >= 11 is 0. The van der Waals surface area contributed by atoms with Crippen LogP contribution in [0.5, 0.6) is 0 Å². The highest BCUT2D eigenvalue weighted by molar-refractivity contribution is 7.89. The minimum atomic E-state index is -3.86. The molecule has 10 nitrogen and oxygen atoms in total. The summed E-state index contributed by atoms with van der Waals surface area (Å²) in [5, 5.41) is 17.1. The number of urea groups is 1. The monoisotopic (exact) mass is 477 g/mol. The van der Waals surface area contributed by atoms with E-state index in [-0.39, 0.29) is 41.5 Å². The van der Waals surface area contributed by atoms with E-state index in [1.54, 1.807) is 31.2 Å². The summed E-state index contributed by atoms with van der Waals surface area (Å²) in [5.74, 6) is 0. The first kappa shape index (κ1) is 23.7. The average Bonchev–Trinajstić information content (AvgIpc) is 2.78. The zero-order valence-corrected chi connectivity index (χ0v) is 18.9. The van der Waals surface area contributed by atoms with Gasteiger partial charge in [0.2, 0.25) is 20.0 Å². The third-order valence-electron chi connectivity index (χ3n) is 5.18. The molecule has 1 aliphatic heterocycles. The number of hydrogen-bond donors (Lipinski definition) is 2. The summed E-state index contributed by atoms with van der Waals surface area (Å²) in [6.45, 7) is 2.22. The summed E-state index contributed by atoms with van der Waals surface area (Å²) in [6.07, 6.45) is 0. The van der Waals surface area contributed by atoms with Crippen LogP contribution in [-0.2, 0) is 20.0 Å². The lowest BCUT2D eigenvalue weighted by molar-refractivity contribution is 0.169. The Labute approximate surface area is 187 Å². The van der Waals surface area contributed by atoms with Gasteiger partial charge in [0.1, 0.15) is 6.07 Å². The molecule has 1 atom stereocenters. The molecule has 1 unspecified atom stereocenters. The van der Waals surface area contributed by atoms with Crippen LogP contribution >= 0.6 is 0 Å². The fourth-order valence-electron chi connectivity index (χ4n) is 3.38. The predicted molar refractivity (Wildman–Crippen MR) is 116 cm³/mol. The first-order chi connectivity index (χ1) is 15.0. The summed E-state index contributed by atoms with van der Waals surface area (Å²) in [4.78, 5) is 14.0. The van der Waals surface area contributed by atoms with Gasteiger partial charge in [0.25, 0.3) is 0 Å². The molecule has 32 heavy (non-hydrogen) atoms. The number of carbonyl (C=O) groups excluding carboxylic acids is 1. The molecule has 0 saturated carbocycles. The van der Waals surface area contributed by atoms with E-state index >= 15 is 0 Å². The summed E-state index contributed by atoms with van der Waals surface area (Å²) in [6, 6.07) is 13.0. The molecule has 170 valence electrons. The maximum atomic E-state index is 12.9. The number of piperazine rings is 1. The molecule has 1 fully saturated rings. The Bertz CT molecular complexity index is 1260. The van der Waals surface area contributed by atoms with Crippen LogP contribution in [0.3, 0.4) is 0 Å². The van der Waals surface area contributed by atoms with Crippen LogP contribution < -0.4 is 10.5 Å². The lowest BCUT2D eigenvalue weighted by atomic mass is 10.1. The molecule has 0 spiro atoms. The molecule has 1 aliphatic rings. The molecule has 1 heterocycles. The molecule has 3 N–H and O–H groups in total. The molecule has 0 aromatic heterocycles. The molecule has 3 rings (SSSR count). The van der Waals surface area contributed by atoms with Gasteiger partial charge < -0.3 is 10.2 Å². The minimum Gasteiger partial charge on any atom is -0.331 e. The van der Waals surface area contributed by atoms with Crippen LogP contribution in [0.1, 0.15) is 24.1 Å². The number of nitrogens with one attached hydrogen (secondary N) is 1. The largest absolute Gasteiger partial charge is 0.331 e. The Morgan fingerprint density at radius 3 is 2.34 bits per heavy atom. The second-order valence-corrected chi connectivity index (χ2v) is 10.8. The number of rotatable bonds is 5. The van der Waals surface area contributed by atoms with Crippen molar-refractivity contribution in [2.24, 2.45) is 5.14 Å². The molecule has 0 aliphatic carbocycles. The van der Waals surface area contributed by atoms with Crippen molar-refractivity contribution >= 4 is 26.1 Å². The van der Waals surface area contributed by atoms with E-state index in [1.807, 2.05) is 6.07 Å². The highest BCUT2D eigenvalue weighted by atomic mass is 32.2. The number of nitrogens with zero attached hydrogens (tertiary/aromatic N) is 3. The molecule has 12 heteroatoms. The molecular weight excluding hydrogens is 454 g/mol. The number of hydrogen-bond acceptors (Lipinski definition) is 6. The molecule has 2 aromatic rings. The minimum absolute atomic E-state index is 0.0485. The quantitative estimate of drug-likeness (QED) is 0.654. The van der Waals surface area contributed by atoms with Crippen molar-refractivity contribution in [2.75, 3.05) is 26.2 Å². The standard InChI is InChI=1S/C20H23N5O5S2/c1-15(16-6-4-7-18(13-16)31(22,27)28)23-20(26)24-9-11-25(12-10-24)32(29,30)19-8-3-2-5-17(19)14-21/h2-8,13,15H,9-12H2,1H3,(H,23,26)(H2,22,27,28). The van der Waals surface area contributed by atoms with E-state index in [9.17, 15) is 26.9 Å². The molecule has 2 aromatic carbocycles. The molecular formula is C20H23N5O5S2. The number of carbonyl (C=O) groups is 1. The number of benzene rings is 2. The van der Waals surface area contributed by atoms with Gasteiger partial charge in [0.15, 0.2) is 0 Å². The lowest BCUT2D eigenvalue weighted by Gasteiger charge is -2.34. The maximum Gasteiger partial charge on any atom is 0.317 e. The Balaban J connectivity index is 1.64. The van der Waals surface area contributed by atoms with Gasteiger partial charge >= 0.3 is 6.03 Å². The van der Waals surface area contributed by atoms with Crippen LogP contribution in [0.2, 0.25) is 0 Å². The SMILES string of the molecule is CC(NC(=O)N1CCN(S(=O)(=O)c2ccccc2C#N)CC1)c1cccc(S(N)(=O)=O)c1. The summed E-state index contributed by atoms with van der Waals surface area (Å²) in [5.41, 5.74) is 0.641. The Hall–Kier alpha value is -2.98. The van der Waals surface area contributed by atoms with E-state index in [0.717, 1.165) is 0 Å². The zero-order valence-electron chi connectivity index (χ0n) is 17.3. The number of sulfonamides is 2. The fraction of sp³-hybridized carbons (Fsp3) is 0.300. The maximum absolute atomic E-state index is 12.9. The first-order valence-electron chi connectivity index (χ1n) is 9.71. The number of nitrogens with two attached hydrogens (primary N) is 1. The van der Waals surface area contributed by atoms with Crippen molar-refractivity contribution in [2.45, 2.75) is 22.8 Å². The van der Waals surface area contributed by atoms with Crippen LogP contribution in [0.4, 0.5) is 4.79 Å². The van der Waals surface area contributed by atoms with Crippen LogP contribution in [0, 0.1) is 11.3 Å². The number of nitriles is 1. The van der Waals surface area contributed by atoms with E-state index in [0.29, 0.717) is 5.56 Å². The Morgan fingerprint density at radius 1 is 1.06 bits per heavy atom. The molecule has 1 saturated heterocycles. The van der Waals surface area contributed by atoms with Gasteiger partial charge in [0, 0.05) is 26.2 Å². The second-order valence-electron chi connectivity index (χ2n) is 7.29. The van der Waals surface area contributed by atoms with Crippen LogP contribution in [0.25, 0.3) is 0 Å². The smallest absolute Gasteiger partial charge is 0.317 e. The number of amides is 2. The van der Waals surface area contributed by atoms with Crippen LogP contribution in [0.15, 0.2) is 58.3 Å². The fourth-order valence-corrected chi connectivity index (χ4v) is 5.51. The highest BCUT2D eigenvalue weighted by Crippen LogP contribution is 2.22. The average molecular weight is 478 g/mol. The normalized spacial score (nSPS) is 16.2. The molecule has 0 radical (unpaired) electrons. The Morgan fingerprint density at radius 2 is 1.72 bits per heavy atom. The molecule has 2 amide bonds. The number of primary sulfonamides is 1. The third-order valence-corrected chi connectivity index (χ3v) is 8.05. The van der Waals surface area contributed by atoms with Crippen molar-refractivity contribution in [1.82, 2.24) is 14.5 Å². The highest BCUT2D eigenvalue weighted by Gasteiger charge is 2.32. The van der Waals surface area contributed by atoms with Gasteiger partial charge in [-0.3, -0.25) is 0 Å². The van der Waals surface area contributed by atoms with E-state index in [2.05, 4.69) is 5.32 Å². The molecule has 0 bridgehead atoms. The first-order valence-corrected chi connectivity index (χ1v) is 12.7. The topological polar surface area (TPSA) is 154 Å². The van der Waals surface area contributed by atoms with Crippen molar-refractivity contribution in [3.63, 3.8) is 0 Å². The van der Waals surface area contributed by atoms with Gasteiger partial charge in [-0.05, 0) is 36.8 Å². The second kappa shape index (κ2) is 9.25. The van der Waals surface area contributed by atoms with Crippen molar-refractivity contribution < 1.29 is 21.6 Å². The third kappa shape index (κ3) is 5.08. The zero-order chi connectivity index (χ0) is 23.5. The van der Waals surface area contributed by atoms with Crippen molar-refractivity contribution in [3.05, 3.63) is 59.7 Å². The Kier molecular flexibility index (Phi) is 6.85. The van der Waals surface area contributed by atoms with Crippen molar-refractivity contribution in [3.8, 4) is 6.07 Å². The van der Waals surface area contributed by atoms with E-state index in [4.69, 9.17) is 5.14 Å². The van der Waals surface area contributed by atoms with Gasteiger partial charge in [-0.25, -0.2) is 26.8 Å². The summed E-state index contributed by atoms with van der Waals surface area (Å²) < 4.78 is 50.2. The van der Waals surface area contributed by atoms with E-state index in [1.165, 1.54) is 33.5 Å². The van der Waals surface area contributed by atoms with Crippen LogP contribution in [-0.4, -0.2) is 58.3 Å². The van der Waals surface area contributed by atoms with Gasteiger partial charge in [-0.1, -0.05) is 24.3 Å².